The van der Waals surface area contributed by atoms with Gasteiger partial charge in [-0.25, -0.2) is 0 Å². The van der Waals surface area contributed by atoms with Crippen molar-refractivity contribution in [3.05, 3.63) is 29.3 Å². The van der Waals surface area contributed by atoms with Gasteiger partial charge in [0.25, 0.3) is 5.91 Å². The molecule has 1 amide bonds. The molecule has 0 spiro atoms. The molecule has 3 fully saturated rings. The van der Waals surface area contributed by atoms with Gasteiger partial charge in [0.2, 0.25) is 5.52 Å². The summed E-state index contributed by atoms with van der Waals surface area (Å²) in [6.45, 7) is 11.3. The maximum atomic E-state index is 14.0. The van der Waals surface area contributed by atoms with Gasteiger partial charge in [0.1, 0.15) is 12.5 Å². The van der Waals surface area contributed by atoms with Gasteiger partial charge in [0, 0.05) is 33.3 Å². The van der Waals surface area contributed by atoms with E-state index in [1.165, 1.54) is 24.0 Å². The number of ether oxygens (including phenoxy) is 3. The van der Waals surface area contributed by atoms with E-state index in [0.29, 0.717) is 56.5 Å². The molecule has 278 valence electrons. The molecular formula is C35H58N2O10P2. The normalized spacial score (nSPS) is 27.5. The van der Waals surface area contributed by atoms with Crippen molar-refractivity contribution in [3.63, 3.8) is 0 Å². The van der Waals surface area contributed by atoms with Crippen LogP contribution in [0.4, 0.5) is 0 Å². The number of carbonyl (C=O) groups is 1. The lowest BCUT2D eigenvalue weighted by Crippen LogP contribution is -2.53. The van der Waals surface area contributed by atoms with Gasteiger partial charge < -0.3 is 37.2 Å². The van der Waals surface area contributed by atoms with Crippen molar-refractivity contribution in [1.82, 2.24) is 9.80 Å². The Morgan fingerprint density at radius 2 is 1.53 bits per heavy atom. The molecule has 3 aliphatic carbocycles. The third kappa shape index (κ3) is 8.18. The molecule has 0 aromatic heterocycles. The molecule has 1 aliphatic heterocycles. The Balaban J connectivity index is 1.19. The Morgan fingerprint density at radius 3 is 2.12 bits per heavy atom. The Bertz CT molecular complexity index is 1310. The summed E-state index contributed by atoms with van der Waals surface area (Å²) < 4.78 is 68.1. The Labute approximate surface area is 292 Å². The Morgan fingerprint density at radius 1 is 0.898 bits per heavy atom. The van der Waals surface area contributed by atoms with Gasteiger partial charge in [-0.3, -0.25) is 18.8 Å². The lowest BCUT2D eigenvalue weighted by Gasteiger charge is -2.50. The van der Waals surface area contributed by atoms with Crippen LogP contribution in [-0.2, 0) is 47.9 Å². The van der Waals surface area contributed by atoms with Crippen LogP contribution in [0.25, 0.3) is 0 Å². The third-order valence-corrected chi connectivity index (χ3v) is 17.1. The Hall–Kier alpha value is -1.33. The number of hydrogen-bond acceptors (Lipinski definition) is 11. The summed E-state index contributed by atoms with van der Waals surface area (Å²) in [6, 6.07) is 6.37. The van der Waals surface area contributed by atoms with E-state index >= 15 is 0 Å². The SMILES string of the molecule is CCOP(=O)(OCC)C(N1CCN(C(=O)COc2ccc3c(c2)CC[C@@H]2[C@@H]3CC[C@]3(C)C(OCOC)CC[C@@H]23)CC1)P(=O)(OCC)OCC. The molecular weight excluding hydrogens is 670 g/mol. The van der Waals surface area contributed by atoms with Crippen LogP contribution in [0.5, 0.6) is 5.75 Å². The maximum Gasteiger partial charge on any atom is 0.360 e. The number of fused-ring (bicyclic) bond motifs is 5. The zero-order valence-corrected chi connectivity index (χ0v) is 32.1. The monoisotopic (exact) mass is 728 g/mol. The number of hydrogen-bond donors (Lipinski definition) is 0. The topological polar surface area (TPSA) is 122 Å². The van der Waals surface area contributed by atoms with Crippen LogP contribution in [0, 0.1) is 17.3 Å². The average molecular weight is 729 g/mol. The number of piperazine rings is 1. The molecule has 1 saturated heterocycles. The highest BCUT2D eigenvalue weighted by atomic mass is 31.2. The third-order valence-electron chi connectivity index (χ3n) is 11.2. The van der Waals surface area contributed by atoms with Crippen molar-refractivity contribution in [3.8, 4) is 5.75 Å². The minimum absolute atomic E-state index is 0.0790. The van der Waals surface area contributed by atoms with Gasteiger partial charge in [-0.15, -0.1) is 0 Å². The molecule has 49 heavy (non-hydrogen) atoms. The van der Waals surface area contributed by atoms with Crippen LogP contribution in [-0.4, -0.2) is 100 Å². The van der Waals surface area contributed by atoms with E-state index in [1.54, 1.807) is 44.6 Å². The number of rotatable bonds is 17. The fraction of sp³-hybridized carbons (Fsp3) is 0.800. The lowest BCUT2D eigenvalue weighted by molar-refractivity contribution is -0.135. The van der Waals surface area contributed by atoms with E-state index in [9.17, 15) is 13.9 Å². The van der Waals surface area contributed by atoms with Gasteiger partial charge in [-0.2, -0.15) is 0 Å². The first kappa shape index (κ1) is 38.9. The maximum absolute atomic E-state index is 14.0. The number of amides is 1. The molecule has 1 aromatic carbocycles. The van der Waals surface area contributed by atoms with Gasteiger partial charge in [-0.1, -0.05) is 13.0 Å². The highest BCUT2D eigenvalue weighted by molar-refractivity contribution is 7.72. The van der Waals surface area contributed by atoms with E-state index in [1.807, 2.05) is 6.07 Å². The van der Waals surface area contributed by atoms with Crippen molar-refractivity contribution in [2.75, 3.05) is 73.1 Å². The summed E-state index contributed by atoms with van der Waals surface area (Å²) in [7, 11) is -6.18. The van der Waals surface area contributed by atoms with Crippen LogP contribution in [0.2, 0.25) is 0 Å². The first-order valence-corrected chi connectivity index (χ1v) is 21.4. The predicted octanol–water partition coefficient (Wildman–Crippen LogP) is 6.87. The summed E-state index contributed by atoms with van der Waals surface area (Å²) in [5.41, 5.74) is 1.75. The van der Waals surface area contributed by atoms with Crippen molar-refractivity contribution in [1.29, 1.82) is 0 Å². The van der Waals surface area contributed by atoms with E-state index in [0.717, 1.165) is 25.7 Å². The second-order valence-electron chi connectivity index (χ2n) is 13.8. The van der Waals surface area contributed by atoms with Crippen LogP contribution in [0.15, 0.2) is 18.2 Å². The quantitative estimate of drug-likeness (QED) is 0.123. The molecule has 1 heterocycles. The summed E-state index contributed by atoms with van der Waals surface area (Å²) in [4.78, 5) is 16.8. The van der Waals surface area contributed by atoms with Crippen molar-refractivity contribution in [2.24, 2.45) is 17.3 Å². The highest BCUT2D eigenvalue weighted by Gasteiger charge is 2.56. The summed E-state index contributed by atoms with van der Waals surface area (Å²) in [6.07, 6.45) is 7.12. The van der Waals surface area contributed by atoms with Crippen LogP contribution >= 0.6 is 15.2 Å². The Kier molecular flexibility index (Phi) is 13.5. The molecule has 0 radical (unpaired) electrons. The predicted molar refractivity (Wildman–Crippen MR) is 187 cm³/mol. The standard InChI is InChI=1S/C35H58N2O10P2/c1-7-44-48(39,45-8-2)34(49(40,46-9-3)47-10-4)37-21-19-36(20-22-37)33(38)24-42-27-12-14-28-26(23-27)11-13-30-29(28)17-18-35(5)31(30)15-16-32(35)43-25-41-6/h12,14,23,29-32,34H,7-11,13,15-22,24-25H2,1-6H3/t29-,30-,31+,32?,35+/m1/s1. The van der Waals surface area contributed by atoms with E-state index in [-0.39, 0.29) is 50.5 Å². The van der Waals surface area contributed by atoms with Gasteiger partial charge in [-0.05, 0) is 113 Å². The molecule has 5 rings (SSSR count). The highest BCUT2D eigenvalue weighted by Crippen LogP contribution is 2.71. The van der Waals surface area contributed by atoms with Crippen LogP contribution < -0.4 is 4.74 Å². The van der Waals surface area contributed by atoms with Crippen molar-refractivity contribution >= 4 is 21.1 Å². The summed E-state index contributed by atoms with van der Waals surface area (Å²) >= 11 is 0. The minimum atomic E-state index is -3.94. The zero-order chi connectivity index (χ0) is 35.2. The molecule has 0 bridgehead atoms. The minimum Gasteiger partial charge on any atom is -0.484 e. The molecule has 14 heteroatoms. The second-order valence-corrected chi connectivity index (χ2v) is 18.3. The van der Waals surface area contributed by atoms with Crippen LogP contribution in [0.1, 0.15) is 83.8 Å². The number of carbonyl (C=O) groups excluding carboxylic acids is 1. The zero-order valence-electron chi connectivity index (χ0n) is 30.3. The molecule has 1 aromatic rings. The molecule has 12 nitrogen and oxygen atoms in total. The summed E-state index contributed by atoms with van der Waals surface area (Å²) in [5.74, 6) is 2.47. The van der Waals surface area contributed by atoms with Gasteiger partial charge >= 0.3 is 15.2 Å². The van der Waals surface area contributed by atoms with Gasteiger partial charge in [0.05, 0.1) is 32.5 Å². The number of benzene rings is 1. The number of aryl methyl sites for hydroxylation is 1. The smallest absolute Gasteiger partial charge is 0.360 e. The largest absolute Gasteiger partial charge is 0.484 e. The molecule has 1 unspecified atom stereocenters. The second kappa shape index (κ2) is 17.0. The average Bonchev–Trinajstić information content (AvgIpc) is 3.42. The first-order chi connectivity index (χ1) is 23.6. The van der Waals surface area contributed by atoms with Crippen molar-refractivity contribution in [2.45, 2.75) is 90.7 Å². The van der Waals surface area contributed by atoms with Crippen LogP contribution in [0.3, 0.4) is 0 Å². The molecule has 4 aliphatic rings. The lowest BCUT2D eigenvalue weighted by atomic mass is 9.55. The van der Waals surface area contributed by atoms with E-state index < -0.39 is 20.7 Å². The van der Waals surface area contributed by atoms with Gasteiger partial charge in [0.15, 0.2) is 6.61 Å². The molecule has 5 atom stereocenters. The van der Waals surface area contributed by atoms with E-state index in [4.69, 9.17) is 32.3 Å². The fourth-order valence-corrected chi connectivity index (χ4v) is 14.7. The summed E-state index contributed by atoms with van der Waals surface area (Å²) in [5, 5.41) is 0. The van der Waals surface area contributed by atoms with Crippen molar-refractivity contribution < 1.29 is 46.2 Å². The molecule has 2 saturated carbocycles. The number of methoxy groups -OCH3 is 1. The fourth-order valence-electron chi connectivity index (χ4n) is 9.10. The van der Waals surface area contributed by atoms with E-state index in [2.05, 4.69) is 19.1 Å². The molecule has 0 N–H and O–H groups in total. The first-order valence-electron chi connectivity index (χ1n) is 18.2. The number of nitrogens with zero attached hydrogens (tertiary/aromatic N) is 2.